The third-order valence-corrected chi connectivity index (χ3v) is 5.66. The summed E-state index contributed by atoms with van der Waals surface area (Å²) < 4.78 is 7.31. The van der Waals surface area contributed by atoms with E-state index in [1.54, 1.807) is 18.8 Å². The van der Waals surface area contributed by atoms with E-state index in [9.17, 15) is 4.79 Å². The van der Waals surface area contributed by atoms with E-state index < -0.39 is 0 Å². The smallest absolute Gasteiger partial charge is 0.262 e. The minimum atomic E-state index is -0.222. The second-order valence-corrected chi connectivity index (χ2v) is 7.57. The van der Waals surface area contributed by atoms with Crippen molar-refractivity contribution in [2.24, 2.45) is 7.05 Å². The number of ether oxygens (including phenoxy) is 1. The number of methoxy groups -OCH3 is 1. The first-order chi connectivity index (χ1) is 15.2. The normalized spacial score (nSPS) is 14.2. The predicted molar refractivity (Wildman–Crippen MR) is 122 cm³/mol. The Balaban J connectivity index is 1.61. The minimum Gasteiger partial charge on any atom is -0.496 e. The summed E-state index contributed by atoms with van der Waals surface area (Å²) >= 11 is 0. The van der Waals surface area contributed by atoms with E-state index in [1.807, 2.05) is 48.5 Å². The van der Waals surface area contributed by atoms with Gasteiger partial charge < -0.3 is 19.9 Å². The molecule has 8 heteroatoms. The summed E-state index contributed by atoms with van der Waals surface area (Å²) in [5, 5.41) is 8.41. The van der Waals surface area contributed by atoms with Gasteiger partial charge in [0.2, 0.25) is 0 Å². The Kier molecular flexibility index (Phi) is 4.91. The molecule has 31 heavy (non-hydrogen) atoms. The van der Waals surface area contributed by atoms with Gasteiger partial charge >= 0.3 is 0 Å². The summed E-state index contributed by atoms with van der Waals surface area (Å²) in [5.41, 5.74) is 3.65. The van der Waals surface area contributed by atoms with E-state index in [-0.39, 0.29) is 5.56 Å². The molecule has 158 valence electrons. The zero-order valence-electron chi connectivity index (χ0n) is 17.6. The van der Waals surface area contributed by atoms with Crippen molar-refractivity contribution in [1.82, 2.24) is 25.1 Å². The van der Waals surface area contributed by atoms with Gasteiger partial charge in [-0.3, -0.25) is 4.79 Å². The van der Waals surface area contributed by atoms with Crippen molar-refractivity contribution in [1.29, 1.82) is 0 Å². The van der Waals surface area contributed by atoms with Crippen LogP contribution in [-0.2, 0) is 7.05 Å². The lowest BCUT2D eigenvalue weighted by atomic mass is 10.1. The van der Waals surface area contributed by atoms with Crippen molar-refractivity contribution < 1.29 is 4.74 Å². The number of rotatable bonds is 4. The van der Waals surface area contributed by atoms with Gasteiger partial charge in [0.15, 0.2) is 5.65 Å². The zero-order valence-corrected chi connectivity index (χ0v) is 17.6. The van der Waals surface area contributed by atoms with Crippen molar-refractivity contribution in [3.63, 3.8) is 0 Å². The standard InChI is InChI=1S/C23H24N6O2/c1-28-22-19(20(27-28)15-6-4-3-5-7-15)23(30)26-21(25-22)17-9-8-16(14-18(17)31-2)29-12-10-24-11-13-29/h3-9,14,24H,10-13H2,1-2H3,(H,25,26,30). The molecular weight excluding hydrogens is 392 g/mol. The van der Waals surface area contributed by atoms with Crippen LogP contribution in [0.4, 0.5) is 5.69 Å². The number of aromatic nitrogens is 4. The lowest BCUT2D eigenvalue weighted by Gasteiger charge is -2.29. The molecule has 5 rings (SSSR count). The summed E-state index contributed by atoms with van der Waals surface area (Å²) in [7, 11) is 3.43. The number of fused-ring (bicyclic) bond motifs is 1. The SMILES string of the molecule is COc1cc(N2CCNCC2)ccc1-c1nc2c(c(-c3ccccc3)nn2C)c(=O)[nH]1. The molecule has 0 aliphatic carbocycles. The van der Waals surface area contributed by atoms with Crippen LogP contribution in [-0.4, -0.2) is 53.0 Å². The fourth-order valence-electron chi connectivity index (χ4n) is 4.08. The first kappa shape index (κ1) is 19.3. The van der Waals surface area contributed by atoms with Crippen LogP contribution < -0.4 is 20.5 Å². The predicted octanol–water partition coefficient (Wildman–Crippen LogP) is 2.41. The molecule has 2 aromatic heterocycles. The average molecular weight is 416 g/mol. The Morgan fingerprint density at radius 1 is 1.06 bits per heavy atom. The molecular formula is C23H24N6O2. The van der Waals surface area contributed by atoms with Gasteiger partial charge in [-0.15, -0.1) is 0 Å². The van der Waals surface area contributed by atoms with Crippen LogP contribution in [0, 0.1) is 0 Å². The zero-order chi connectivity index (χ0) is 21.4. The first-order valence-electron chi connectivity index (χ1n) is 10.3. The molecule has 0 atom stereocenters. The lowest BCUT2D eigenvalue weighted by Crippen LogP contribution is -2.43. The molecule has 2 aromatic carbocycles. The molecule has 1 saturated heterocycles. The van der Waals surface area contributed by atoms with Crippen molar-refractivity contribution in [3.8, 4) is 28.4 Å². The molecule has 0 bridgehead atoms. The van der Waals surface area contributed by atoms with Crippen molar-refractivity contribution in [2.45, 2.75) is 0 Å². The number of H-pyrrole nitrogens is 1. The highest BCUT2D eigenvalue weighted by atomic mass is 16.5. The highest BCUT2D eigenvalue weighted by Crippen LogP contribution is 2.33. The third kappa shape index (κ3) is 3.44. The molecule has 4 aromatic rings. The topological polar surface area (TPSA) is 88.1 Å². The monoisotopic (exact) mass is 416 g/mol. The second-order valence-electron chi connectivity index (χ2n) is 7.57. The molecule has 0 unspecified atom stereocenters. The minimum absolute atomic E-state index is 0.222. The number of anilines is 1. The van der Waals surface area contributed by atoms with E-state index in [1.165, 1.54) is 0 Å². The van der Waals surface area contributed by atoms with E-state index in [2.05, 4.69) is 20.3 Å². The third-order valence-electron chi connectivity index (χ3n) is 5.66. The summed E-state index contributed by atoms with van der Waals surface area (Å²) in [4.78, 5) is 23.1. The molecule has 0 spiro atoms. The molecule has 0 amide bonds. The van der Waals surface area contributed by atoms with Gasteiger partial charge in [0.1, 0.15) is 22.7 Å². The van der Waals surface area contributed by atoms with Gasteiger partial charge in [0.25, 0.3) is 5.56 Å². The van der Waals surface area contributed by atoms with Crippen LogP contribution in [0.25, 0.3) is 33.7 Å². The summed E-state index contributed by atoms with van der Waals surface area (Å²) in [5.74, 6) is 1.13. The van der Waals surface area contributed by atoms with Crippen LogP contribution in [0.5, 0.6) is 5.75 Å². The number of piperazine rings is 1. The summed E-state index contributed by atoms with van der Waals surface area (Å²) in [6.45, 7) is 3.81. The molecule has 1 fully saturated rings. The van der Waals surface area contributed by atoms with E-state index in [0.717, 1.165) is 43.0 Å². The lowest BCUT2D eigenvalue weighted by molar-refractivity contribution is 0.416. The van der Waals surface area contributed by atoms with Crippen LogP contribution in [0.15, 0.2) is 53.3 Å². The highest BCUT2D eigenvalue weighted by Gasteiger charge is 2.19. The number of hydrogen-bond donors (Lipinski definition) is 2. The van der Waals surface area contributed by atoms with Crippen LogP contribution in [0.2, 0.25) is 0 Å². The quantitative estimate of drug-likeness (QED) is 0.531. The number of benzene rings is 2. The fourth-order valence-corrected chi connectivity index (χ4v) is 4.08. The Labute approximate surface area is 179 Å². The number of hydrogen-bond acceptors (Lipinski definition) is 6. The highest BCUT2D eigenvalue weighted by molar-refractivity contribution is 5.91. The van der Waals surface area contributed by atoms with Gasteiger partial charge in [-0.1, -0.05) is 30.3 Å². The maximum atomic E-state index is 13.1. The largest absolute Gasteiger partial charge is 0.496 e. The summed E-state index contributed by atoms with van der Waals surface area (Å²) in [6.07, 6.45) is 0. The molecule has 3 heterocycles. The molecule has 1 aliphatic heterocycles. The van der Waals surface area contributed by atoms with Crippen molar-refractivity contribution >= 4 is 16.7 Å². The van der Waals surface area contributed by atoms with Crippen molar-refractivity contribution in [2.75, 3.05) is 38.2 Å². The van der Waals surface area contributed by atoms with Gasteiger partial charge in [-0.25, -0.2) is 9.67 Å². The van der Waals surface area contributed by atoms with Gasteiger partial charge in [-0.2, -0.15) is 5.10 Å². The molecule has 2 N–H and O–H groups in total. The van der Waals surface area contributed by atoms with Crippen LogP contribution in [0.1, 0.15) is 0 Å². The van der Waals surface area contributed by atoms with Gasteiger partial charge in [0.05, 0.1) is 12.7 Å². The molecule has 8 nitrogen and oxygen atoms in total. The Hall–Kier alpha value is -3.65. The number of aromatic amines is 1. The Bertz CT molecular complexity index is 1290. The number of nitrogens with zero attached hydrogens (tertiary/aromatic N) is 4. The number of nitrogens with one attached hydrogen (secondary N) is 2. The van der Waals surface area contributed by atoms with Crippen LogP contribution >= 0.6 is 0 Å². The second kappa shape index (κ2) is 7.88. The maximum Gasteiger partial charge on any atom is 0.262 e. The van der Waals surface area contributed by atoms with Crippen LogP contribution in [0.3, 0.4) is 0 Å². The Morgan fingerprint density at radius 3 is 2.58 bits per heavy atom. The fraction of sp³-hybridized carbons (Fsp3) is 0.261. The van der Waals surface area contributed by atoms with Crippen molar-refractivity contribution in [3.05, 3.63) is 58.9 Å². The summed E-state index contributed by atoms with van der Waals surface area (Å²) in [6, 6.07) is 15.7. The molecule has 0 radical (unpaired) electrons. The van der Waals surface area contributed by atoms with E-state index in [0.29, 0.717) is 28.3 Å². The average Bonchev–Trinajstić information content (AvgIpc) is 3.16. The van der Waals surface area contributed by atoms with E-state index in [4.69, 9.17) is 9.72 Å². The molecule has 0 saturated carbocycles. The first-order valence-corrected chi connectivity index (χ1v) is 10.3. The van der Waals surface area contributed by atoms with Gasteiger partial charge in [-0.05, 0) is 12.1 Å². The Morgan fingerprint density at radius 2 is 1.84 bits per heavy atom. The maximum absolute atomic E-state index is 13.1. The van der Waals surface area contributed by atoms with Gasteiger partial charge in [0, 0.05) is 50.5 Å². The number of aryl methyl sites for hydroxylation is 1. The van der Waals surface area contributed by atoms with E-state index >= 15 is 0 Å². The molecule has 1 aliphatic rings.